The summed E-state index contributed by atoms with van der Waals surface area (Å²) in [7, 11) is 0. The molecule has 1 aliphatic heterocycles. The van der Waals surface area contributed by atoms with E-state index >= 15 is 0 Å². The molecule has 2 N–H and O–H groups in total. The molecule has 1 aromatic heterocycles. The summed E-state index contributed by atoms with van der Waals surface area (Å²) in [6.07, 6.45) is 0.968. The molecule has 0 unspecified atom stereocenters. The average Bonchev–Trinajstić information content (AvgIpc) is 2.88. The van der Waals surface area contributed by atoms with Gasteiger partial charge in [-0.05, 0) is 38.0 Å². The van der Waals surface area contributed by atoms with E-state index in [0.717, 1.165) is 17.8 Å². The van der Waals surface area contributed by atoms with E-state index in [4.69, 9.17) is 9.47 Å². The van der Waals surface area contributed by atoms with E-state index in [1.54, 1.807) is 18.2 Å². The van der Waals surface area contributed by atoms with Gasteiger partial charge in [-0.15, -0.1) is 0 Å². The number of hydrogen-bond donors (Lipinski definition) is 2. The van der Waals surface area contributed by atoms with Crippen molar-refractivity contribution in [2.24, 2.45) is 0 Å². The summed E-state index contributed by atoms with van der Waals surface area (Å²) in [4.78, 5) is 12.1. The van der Waals surface area contributed by atoms with Crippen molar-refractivity contribution in [2.75, 3.05) is 25.1 Å². The molecule has 3 rings (SSSR count). The summed E-state index contributed by atoms with van der Waals surface area (Å²) in [5.41, 5.74) is 4.16. The lowest BCUT2D eigenvalue weighted by atomic mass is 10.1. The summed E-state index contributed by atoms with van der Waals surface area (Å²) in [6.45, 7) is 8.42. The Morgan fingerprint density at radius 3 is 2.72 bits per heavy atom. The molecule has 0 fully saturated rings. The number of benzene rings is 1. The largest absolute Gasteiger partial charge is 0.486 e. The molecule has 0 saturated heterocycles. The molecular formula is C18H24N4O3. The fraction of sp³-hybridized carbons (Fsp3) is 0.444. The van der Waals surface area contributed by atoms with Crippen LogP contribution in [0.2, 0.25) is 0 Å². The lowest BCUT2D eigenvalue weighted by molar-refractivity contribution is 0.171. The molecule has 0 bridgehead atoms. The third kappa shape index (κ3) is 3.87. The average molecular weight is 344 g/mol. The standard InChI is InChI=1S/C18H24N4O3/c1-4-15-12(2)21-22(13(15)3)8-7-19-18(23)20-14-5-6-16-17(11-14)25-10-9-24-16/h5-6,11H,4,7-10H2,1-3H3,(H2,19,20,23). The second-order valence-electron chi connectivity index (χ2n) is 5.97. The highest BCUT2D eigenvalue weighted by atomic mass is 16.6. The minimum Gasteiger partial charge on any atom is -0.486 e. The number of amides is 2. The first-order chi connectivity index (χ1) is 12.1. The van der Waals surface area contributed by atoms with Crippen LogP contribution in [0.3, 0.4) is 0 Å². The second-order valence-corrected chi connectivity index (χ2v) is 5.97. The van der Waals surface area contributed by atoms with E-state index in [0.29, 0.717) is 43.5 Å². The molecule has 1 aromatic carbocycles. The minimum atomic E-state index is -0.256. The van der Waals surface area contributed by atoms with E-state index < -0.39 is 0 Å². The van der Waals surface area contributed by atoms with Crippen molar-refractivity contribution in [2.45, 2.75) is 33.7 Å². The highest BCUT2D eigenvalue weighted by Gasteiger charge is 2.13. The summed E-state index contributed by atoms with van der Waals surface area (Å²) in [6, 6.07) is 5.10. The third-order valence-electron chi connectivity index (χ3n) is 4.29. The van der Waals surface area contributed by atoms with Crippen LogP contribution in [0, 0.1) is 13.8 Å². The van der Waals surface area contributed by atoms with Gasteiger partial charge in [-0.3, -0.25) is 4.68 Å². The fourth-order valence-electron chi connectivity index (χ4n) is 3.04. The number of fused-ring (bicyclic) bond motifs is 1. The van der Waals surface area contributed by atoms with Gasteiger partial charge in [0.1, 0.15) is 13.2 Å². The van der Waals surface area contributed by atoms with Crippen molar-refractivity contribution < 1.29 is 14.3 Å². The zero-order valence-corrected chi connectivity index (χ0v) is 14.9. The maximum atomic E-state index is 12.1. The van der Waals surface area contributed by atoms with Crippen LogP contribution in [-0.2, 0) is 13.0 Å². The van der Waals surface area contributed by atoms with Crippen molar-refractivity contribution in [3.8, 4) is 11.5 Å². The molecule has 25 heavy (non-hydrogen) atoms. The lowest BCUT2D eigenvalue weighted by Gasteiger charge is -2.19. The van der Waals surface area contributed by atoms with Crippen LogP contribution < -0.4 is 20.1 Å². The number of urea groups is 1. The van der Waals surface area contributed by atoms with Crippen LogP contribution in [-0.4, -0.2) is 35.6 Å². The van der Waals surface area contributed by atoms with Gasteiger partial charge in [0, 0.05) is 24.0 Å². The molecule has 7 heteroatoms. The van der Waals surface area contributed by atoms with Crippen molar-refractivity contribution in [3.05, 3.63) is 35.2 Å². The van der Waals surface area contributed by atoms with Gasteiger partial charge in [0.25, 0.3) is 0 Å². The highest BCUT2D eigenvalue weighted by molar-refractivity contribution is 5.89. The monoisotopic (exact) mass is 344 g/mol. The van der Waals surface area contributed by atoms with Crippen LogP contribution in [0.15, 0.2) is 18.2 Å². The van der Waals surface area contributed by atoms with E-state index in [2.05, 4.69) is 29.6 Å². The first-order valence-electron chi connectivity index (χ1n) is 8.56. The highest BCUT2D eigenvalue weighted by Crippen LogP contribution is 2.32. The smallest absolute Gasteiger partial charge is 0.319 e. The number of carbonyl (C=O) groups excluding carboxylic acids is 1. The van der Waals surface area contributed by atoms with Crippen LogP contribution >= 0.6 is 0 Å². The molecule has 2 heterocycles. The van der Waals surface area contributed by atoms with Crippen LogP contribution in [0.1, 0.15) is 23.9 Å². The predicted octanol–water partition coefficient (Wildman–Crippen LogP) is 2.66. The molecule has 134 valence electrons. The normalized spacial score (nSPS) is 12.8. The Labute approximate surface area is 147 Å². The second kappa shape index (κ2) is 7.46. The molecule has 1 aliphatic rings. The zero-order chi connectivity index (χ0) is 17.8. The van der Waals surface area contributed by atoms with Gasteiger partial charge in [-0.25, -0.2) is 4.79 Å². The number of rotatable bonds is 5. The number of anilines is 1. The van der Waals surface area contributed by atoms with Gasteiger partial charge in [0.15, 0.2) is 11.5 Å². The Morgan fingerprint density at radius 2 is 2.00 bits per heavy atom. The maximum Gasteiger partial charge on any atom is 0.319 e. The zero-order valence-electron chi connectivity index (χ0n) is 14.9. The minimum absolute atomic E-state index is 0.256. The predicted molar refractivity (Wildman–Crippen MR) is 95.5 cm³/mol. The third-order valence-corrected chi connectivity index (χ3v) is 4.29. The quantitative estimate of drug-likeness (QED) is 0.874. The Morgan fingerprint density at radius 1 is 1.24 bits per heavy atom. The molecular weight excluding hydrogens is 320 g/mol. The number of aryl methyl sites for hydroxylation is 1. The van der Waals surface area contributed by atoms with Crippen molar-refractivity contribution in [1.82, 2.24) is 15.1 Å². The summed E-state index contributed by atoms with van der Waals surface area (Å²) in [5, 5.41) is 10.2. The van der Waals surface area contributed by atoms with Crippen molar-refractivity contribution in [1.29, 1.82) is 0 Å². The van der Waals surface area contributed by atoms with Crippen molar-refractivity contribution in [3.63, 3.8) is 0 Å². The molecule has 0 saturated carbocycles. The number of nitrogens with one attached hydrogen (secondary N) is 2. The first-order valence-corrected chi connectivity index (χ1v) is 8.56. The Balaban J connectivity index is 1.52. The molecule has 0 atom stereocenters. The van der Waals surface area contributed by atoms with Crippen LogP contribution in [0.25, 0.3) is 0 Å². The number of hydrogen-bond acceptors (Lipinski definition) is 4. The topological polar surface area (TPSA) is 77.4 Å². The van der Waals surface area contributed by atoms with Crippen LogP contribution in [0.4, 0.5) is 10.5 Å². The molecule has 0 spiro atoms. The fourth-order valence-corrected chi connectivity index (χ4v) is 3.04. The summed E-state index contributed by atoms with van der Waals surface area (Å²) < 4.78 is 12.9. The maximum absolute atomic E-state index is 12.1. The molecule has 7 nitrogen and oxygen atoms in total. The van der Waals surface area contributed by atoms with E-state index in [1.165, 1.54) is 5.56 Å². The lowest BCUT2D eigenvalue weighted by Crippen LogP contribution is -2.32. The van der Waals surface area contributed by atoms with Crippen LogP contribution in [0.5, 0.6) is 11.5 Å². The summed E-state index contributed by atoms with van der Waals surface area (Å²) in [5.74, 6) is 1.35. The van der Waals surface area contributed by atoms with E-state index in [-0.39, 0.29) is 6.03 Å². The van der Waals surface area contributed by atoms with Gasteiger partial charge < -0.3 is 20.1 Å². The Hall–Kier alpha value is -2.70. The Kier molecular flexibility index (Phi) is 5.11. The first kappa shape index (κ1) is 17.1. The van der Waals surface area contributed by atoms with Gasteiger partial charge in [-0.2, -0.15) is 5.10 Å². The van der Waals surface area contributed by atoms with Gasteiger partial charge >= 0.3 is 6.03 Å². The Bertz CT molecular complexity index is 770. The SMILES string of the molecule is CCc1c(C)nn(CCNC(=O)Nc2ccc3c(c2)OCCO3)c1C. The number of carbonyl (C=O) groups is 1. The molecule has 2 aromatic rings. The number of nitrogens with zero attached hydrogens (tertiary/aromatic N) is 2. The van der Waals surface area contributed by atoms with Gasteiger partial charge in [-0.1, -0.05) is 6.92 Å². The van der Waals surface area contributed by atoms with Gasteiger partial charge in [0.2, 0.25) is 0 Å². The molecule has 0 radical (unpaired) electrons. The molecule has 2 amide bonds. The van der Waals surface area contributed by atoms with Gasteiger partial charge in [0.05, 0.1) is 12.2 Å². The van der Waals surface area contributed by atoms with E-state index in [9.17, 15) is 4.79 Å². The number of aromatic nitrogens is 2. The van der Waals surface area contributed by atoms with Crippen molar-refractivity contribution >= 4 is 11.7 Å². The summed E-state index contributed by atoms with van der Waals surface area (Å²) >= 11 is 0. The van der Waals surface area contributed by atoms with E-state index in [1.807, 2.05) is 11.6 Å². The molecule has 0 aliphatic carbocycles. The number of ether oxygens (including phenoxy) is 2.